The van der Waals surface area contributed by atoms with Crippen LogP contribution in [0.2, 0.25) is 0 Å². The number of carbonyl (C=O) groups is 3. The van der Waals surface area contributed by atoms with Gasteiger partial charge in [-0.25, -0.2) is 0 Å². The van der Waals surface area contributed by atoms with E-state index in [0.29, 0.717) is 5.06 Å². The Kier molecular flexibility index (Phi) is 39.5. The second-order valence-corrected chi connectivity index (χ2v) is 15.0. The van der Waals surface area contributed by atoms with Crippen molar-refractivity contribution in [3.63, 3.8) is 0 Å². The fraction of sp³-hybridized carbons (Fsp3) is 0.925. The van der Waals surface area contributed by atoms with E-state index < -0.39 is 67.8 Å². The van der Waals surface area contributed by atoms with Crippen LogP contribution < -0.4 is 10.6 Å². The summed E-state index contributed by atoms with van der Waals surface area (Å²) >= 11 is 0. The lowest BCUT2D eigenvalue weighted by molar-refractivity contribution is -0.296. The van der Waals surface area contributed by atoms with Crippen LogP contribution in [-0.2, 0) is 66.5 Å². The Hall–Kier alpha value is -2.19. The van der Waals surface area contributed by atoms with Gasteiger partial charge in [0.15, 0.2) is 18.8 Å². The molecule has 0 fully saturated rings. The summed E-state index contributed by atoms with van der Waals surface area (Å²) in [7, 11) is 2.51. The predicted molar refractivity (Wildman–Crippen MR) is 225 cm³/mol. The molecule has 0 rings (SSSR count). The lowest BCUT2D eigenvalue weighted by Crippen LogP contribution is -2.49. The Bertz CT molecular complexity index is 1150. The smallest absolute Gasteiger partial charge is 0.222 e. The first-order chi connectivity index (χ1) is 31.2. The quantitative estimate of drug-likeness (QED) is 0.0120. The summed E-state index contributed by atoms with van der Waals surface area (Å²) < 4.78 is 59.9. The zero-order chi connectivity index (χ0) is 48.7. The van der Waals surface area contributed by atoms with Crippen molar-refractivity contribution in [3.05, 3.63) is 0 Å². The van der Waals surface area contributed by atoms with E-state index >= 15 is 0 Å². The molecule has 0 bridgehead atoms. The summed E-state index contributed by atoms with van der Waals surface area (Å²) in [4.78, 5) is 35.3. The first-order valence-electron chi connectivity index (χ1n) is 21.6. The maximum Gasteiger partial charge on any atom is 0.222 e. The van der Waals surface area contributed by atoms with Gasteiger partial charge in [0.05, 0.1) is 125 Å². The summed E-state index contributed by atoms with van der Waals surface area (Å²) in [6.07, 6.45) is -8.48. The molecule has 0 aliphatic rings. The van der Waals surface area contributed by atoms with E-state index in [1.54, 1.807) is 0 Å². The molecule has 0 aromatic carbocycles. The van der Waals surface area contributed by atoms with Gasteiger partial charge in [-0.3, -0.25) is 9.59 Å². The first-order valence-corrected chi connectivity index (χ1v) is 21.6. The van der Waals surface area contributed by atoms with Crippen LogP contribution in [0, 0.1) is 11.3 Å². The number of amides is 2. The van der Waals surface area contributed by atoms with E-state index in [2.05, 4.69) is 10.6 Å². The van der Waals surface area contributed by atoms with Gasteiger partial charge >= 0.3 is 0 Å². The minimum absolute atomic E-state index is 0.0197. The highest BCUT2D eigenvalue weighted by molar-refractivity contribution is 5.76. The number of nitrogens with one attached hydrogen (secondary N) is 2. The molecule has 25 heteroatoms. The number of hydrogen-bond donors (Lipinski definition) is 10. The number of hydrogen-bond acceptors (Lipinski definition) is 23. The summed E-state index contributed by atoms with van der Waals surface area (Å²) in [5.74, 6) is -1.14. The molecule has 0 heterocycles. The monoisotopic (exact) mass is 954 g/mol. The number of likely N-dealkylation sites (N-methyl/N-ethyl adjacent to an activating group) is 1. The molecule has 9 unspecified atom stereocenters. The number of nitrogens with zero attached hydrogens (tertiary/aromatic N) is 1. The third-order valence-corrected chi connectivity index (χ3v) is 9.03. The minimum atomic E-state index is -1.59. The molecule has 0 aromatic rings. The molecule has 0 aliphatic heterocycles. The van der Waals surface area contributed by atoms with Crippen molar-refractivity contribution >= 4 is 18.1 Å². The molecule has 2 amide bonds. The Morgan fingerprint density at radius 1 is 0.615 bits per heavy atom. The van der Waals surface area contributed by atoms with Crippen LogP contribution in [0.1, 0.15) is 33.1 Å². The molecule has 0 radical (unpaired) electrons. The van der Waals surface area contributed by atoms with Crippen LogP contribution in [0.5, 0.6) is 0 Å². The lowest BCUT2D eigenvalue weighted by Gasteiger charge is -2.30. The van der Waals surface area contributed by atoms with Gasteiger partial charge in [0.2, 0.25) is 11.8 Å². The molecule has 386 valence electrons. The van der Waals surface area contributed by atoms with Crippen molar-refractivity contribution in [3.8, 4) is 0 Å². The summed E-state index contributed by atoms with van der Waals surface area (Å²) in [5.41, 5.74) is -0.631. The van der Waals surface area contributed by atoms with E-state index in [9.17, 15) is 50.2 Å². The van der Waals surface area contributed by atoms with E-state index in [0.717, 1.165) is 6.29 Å². The topological polar surface area (TPSA) is 342 Å². The highest BCUT2D eigenvalue weighted by atomic mass is 16.7. The molecule has 0 spiro atoms. The number of rotatable bonds is 47. The van der Waals surface area contributed by atoms with Crippen molar-refractivity contribution in [2.45, 2.75) is 76.3 Å². The predicted octanol–water partition coefficient (Wildman–Crippen LogP) is -4.24. The minimum Gasteiger partial charge on any atom is -0.396 e. The molecular formula is C40H79N3O22. The number of methoxy groups -OCH3 is 1. The van der Waals surface area contributed by atoms with Gasteiger partial charge in [-0.05, 0) is 0 Å². The average Bonchev–Trinajstić information content (AvgIpc) is 3.30. The number of carbonyl (C=O) groups excluding carboxylic acids is 3. The lowest BCUT2D eigenvalue weighted by atomic mass is 9.94. The second-order valence-electron chi connectivity index (χ2n) is 15.0. The van der Waals surface area contributed by atoms with Crippen molar-refractivity contribution in [1.29, 1.82) is 0 Å². The first kappa shape index (κ1) is 62.8. The van der Waals surface area contributed by atoms with Crippen LogP contribution in [0.15, 0.2) is 0 Å². The molecule has 0 saturated carbocycles. The molecule has 0 saturated heterocycles. The Morgan fingerprint density at radius 2 is 1.08 bits per heavy atom. The summed E-state index contributed by atoms with van der Waals surface area (Å²) in [6, 6.07) is 0. The van der Waals surface area contributed by atoms with Crippen LogP contribution in [0.3, 0.4) is 0 Å². The fourth-order valence-electron chi connectivity index (χ4n) is 5.18. The number of aldehydes is 1. The molecule has 0 aliphatic carbocycles. The van der Waals surface area contributed by atoms with Crippen molar-refractivity contribution < 1.29 is 107 Å². The number of hydroxylamine groups is 2. The Labute approximate surface area is 381 Å². The van der Waals surface area contributed by atoms with Crippen molar-refractivity contribution in [2.24, 2.45) is 11.3 Å². The van der Waals surface area contributed by atoms with Crippen LogP contribution >= 0.6 is 0 Å². The van der Waals surface area contributed by atoms with E-state index in [1.165, 1.54) is 21.1 Å². The van der Waals surface area contributed by atoms with Crippen LogP contribution in [0.25, 0.3) is 0 Å². The standard InChI is InChI=1S/C40H79N3O22/c1-30(24-45)35(51)36(52)37(53)39(55-4)64-23-21-59-19-17-57-15-9-42-33(50)7-13-62-29-40(2,27-60-11-5-10-44)28-61-12-6-32(49)41-8-14-56-16-18-58-20-22-63-38(31(48)25-46)65-34(26-47)43(3)54/h10,30-31,34-39,45-48,51-54H,5-9,11-29H2,1-4H3,(H,41,49)(H,42,50). The van der Waals surface area contributed by atoms with Gasteiger partial charge in [-0.2, -0.15) is 5.06 Å². The molecule has 9 atom stereocenters. The summed E-state index contributed by atoms with van der Waals surface area (Å²) in [6.45, 7) is 4.97. The van der Waals surface area contributed by atoms with Gasteiger partial charge < -0.3 is 108 Å². The molecule has 0 aromatic heterocycles. The van der Waals surface area contributed by atoms with Crippen molar-refractivity contribution in [1.82, 2.24) is 15.7 Å². The van der Waals surface area contributed by atoms with Gasteiger partial charge in [0.1, 0.15) is 24.6 Å². The summed E-state index contributed by atoms with van der Waals surface area (Å²) in [5, 5.41) is 83.3. The number of ether oxygens (including phenoxy) is 11. The van der Waals surface area contributed by atoms with Gasteiger partial charge in [0, 0.05) is 64.4 Å². The maximum atomic E-state index is 12.3. The SMILES string of the molecule is COC(OCCOCCOCCNC(=O)CCOCC(C)(COCCC=O)COCCC(=O)NCCOCCOCCOC(OC(CO)N(C)O)C(O)CO)C(O)C(O)C(O)C(C)CO. The number of aliphatic hydroxyl groups excluding tert-OH is 7. The highest BCUT2D eigenvalue weighted by Crippen LogP contribution is 2.19. The van der Waals surface area contributed by atoms with E-state index in [-0.39, 0.29) is 156 Å². The van der Waals surface area contributed by atoms with Crippen LogP contribution in [-0.4, -0.2) is 260 Å². The van der Waals surface area contributed by atoms with E-state index in [4.69, 9.17) is 57.2 Å². The maximum absolute atomic E-state index is 12.3. The largest absolute Gasteiger partial charge is 0.396 e. The van der Waals surface area contributed by atoms with Gasteiger partial charge in [-0.1, -0.05) is 13.8 Å². The van der Waals surface area contributed by atoms with Crippen LogP contribution in [0.4, 0.5) is 0 Å². The number of aliphatic hydroxyl groups is 7. The van der Waals surface area contributed by atoms with Gasteiger partial charge in [-0.15, -0.1) is 0 Å². The fourth-order valence-corrected chi connectivity index (χ4v) is 5.18. The molecular weight excluding hydrogens is 874 g/mol. The molecule has 65 heavy (non-hydrogen) atoms. The zero-order valence-electron chi connectivity index (χ0n) is 38.4. The highest BCUT2D eigenvalue weighted by Gasteiger charge is 2.35. The molecule has 10 N–H and O–H groups in total. The third-order valence-electron chi connectivity index (χ3n) is 9.03. The zero-order valence-corrected chi connectivity index (χ0v) is 38.4. The van der Waals surface area contributed by atoms with Gasteiger partial charge in [0.25, 0.3) is 0 Å². The Morgan fingerprint density at radius 3 is 1.51 bits per heavy atom. The van der Waals surface area contributed by atoms with E-state index in [1.807, 2.05) is 6.92 Å². The molecule has 25 nitrogen and oxygen atoms in total. The van der Waals surface area contributed by atoms with Crippen molar-refractivity contribution in [2.75, 3.05) is 153 Å². The normalized spacial score (nSPS) is 16.6. The third kappa shape index (κ3) is 32.2. The average molecular weight is 954 g/mol. The Balaban J connectivity index is 4.19. The second kappa shape index (κ2) is 40.8.